The molecule has 9 heteroatoms. The van der Waals surface area contributed by atoms with Gasteiger partial charge in [0.2, 0.25) is 19.2 Å². The lowest BCUT2D eigenvalue weighted by molar-refractivity contribution is -0.171. The van der Waals surface area contributed by atoms with Crippen molar-refractivity contribution in [3.05, 3.63) is 0 Å². The van der Waals surface area contributed by atoms with E-state index in [-0.39, 0.29) is 37.7 Å². The first-order chi connectivity index (χ1) is 12.2. The van der Waals surface area contributed by atoms with Crippen molar-refractivity contribution in [2.75, 3.05) is 13.1 Å². The molecular weight excluding hydrogens is 356 g/mol. The number of carbonyl (C=O) groups excluding carboxylic acids is 3. The minimum Gasteiger partial charge on any atom is -0.412 e. The number of likely N-dealkylation sites (tertiary alicyclic amines) is 1. The monoisotopic (exact) mass is 391 g/mol. The predicted octanol–water partition coefficient (Wildman–Crippen LogP) is -0.589. The van der Waals surface area contributed by atoms with Gasteiger partial charge < -0.3 is 27.2 Å². The topological polar surface area (TPSA) is 150 Å². The van der Waals surface area contributed by atoms with E-state index in [0.29, 0.717) is 18.5 Å². The largest absolute Gasteiger partial charge is 0.412 e. The third-order valence-corrected chi connectivity index (χ3v) is 5.31. The van der Waals surface area contributed by atoms with Gasteiger partial charge in [0, 0.05) is 19.0 Å². The molecule has 0 aromatic heterocycles. The van der Waals surface area contributed by atoms with Crippen LogP contribution in [0.25, 0.3) is 0 Å². The van der Waals surface area contributed by atoms with Gasteiger partial charge >= 0.3 is 0 Å². The van der Waals surface area contributed by atoms with Crippen LogP contribution >= 0.6 is 13.5 Å². The SMILES string of the molecule is CC(C)CNC1CCC2(CC1)CN([C@@H](CCC(N)=O)C(N)=O)C2=O.S.[2H]O. The molecule has 1 saturated carbocycles. The second kappa shape index (κ2) is 10.1. The van der Waals surface area contributed by atoms with E-state index in [4.69, 9.17) is 18.4 Å². The van der Waals surface area contributed by atoms with Crippen molar-refractivity contribution in [3.8, 4) is 0 Å². The van der Waals surface area contributed by atoms with Crippen molar-refractivity contribution in [1.29, 1.82) is 0 Å². The van der Waals surface area contributed by atoms with Crippen molar-refractivity contribution in [3.63, 3.8) is 0 Å². The van der Waals surface area contributed by atoms with Gasteiger partial charge in [-0.25, -0.2) is 0 Å². The van der Waals surface area contributed by atoms with Crippen molar-refractivity contribution in [2.45, 2.75) is 64.5 Å². The molecule has 1 spiro atoms. The fourth-order valence-electron chi connectivity index (χ4n) is 3.81. The summed E-state index contributed by atoms with van der Waals surface area (Å²) in [6.07, 6.45) is 3.93. The summed E-state index contributed by atoms with van der Waals surface area (Å²) < 4.78 is 4.75. The van der Waals surface area contributed by atoms with Crippen molar-refractivity contribution in [2.24, 2.45) is 22.8 Å². The maximum Gasteiger partial charge on any atom is 0.240 e. The quantitative estimate of drug-likeness (QED) is 0.474. The van der Waals surface area contributed by atoms with Crippen LogP contribution in [0.3, 0.4) is 0 Å². The molecule has 2 rings (SSSR count). The van der Waals surface area contributed by atoms with E-state index in [1.807, 2.05) is 0 Å². The third-order valence-electron chi connectivity index (χ3n) is 5.31. The van der Waals surface area contributed by atoms with Crippen LogP contribution in [0, 0.1) is 11.3 Å². The molecule has 0 bridgehead atoms. The van der Waals surface area contributed by atoms with Crippen LogP contribution < -0.4 is 16.8 Å². The fraction of sp³-hybridized carbons (Fsp3) is 0.824. The Morgan fingerprint density at radius 3 is 2.35 bits per heavy atom. The molecule has 1 aliphatic carbocycles. The fourth-order valence-corrected chi connectivity index (χ4v) is 3.81. The Kier molecular flexibility index (Phi) is 8.85. The molecule has 0 aromatic carbocycles. The molecule has 1 aliphatic heterocycles. The first kappa shape index (κ1) is 22.7. The summed E-state index contributed by atoms with van der Waals surface area (Å²) in [5, 5.41) is 3.56. The Labute approximate surface area is 163 Å². The second-order valence-corrected chi connectivity index (χ2v) is 7.71. The highest BCUT2D eigenvalue weighted by molar-refractivity contribution is 7.59. The van der Waals surface area contributed by atoms with Gasteiger partial charge in [0.15, 0.2) is 0 Å². The van der Waals surface area contributed by atoms with Gasteiger partial charge in [-0.1, -0.05) is 13.8 Å². The Bertz CT molecular complexity index is 513. The minimum absolute atomic E-state index is 0. The van der Waals surface area contributed by atoms with Gasteiger partial charge in [0.25, 0.3) is 0 Å². The number of rotatable bonds is 8. The van der Waals surface area contributed by atoms with Crippen LogP contribution in [0.5, 0.6) is 0 Å². The van der Waals surface area contributed by atoms with Gasteiger partial charge in [-0.3, -0.25) is 14.4 Å². The standard InChI is InChI=1S/C17H30N4O3.H2O.H2S/c1-11(2)9-20-12-5-7-17(8-6-12)10-21(16(17)24)13(15(19)23)3-4-14(18)22;;/h11-13,20H,3-10H2,1-2H3,(H2,18,22)(H2,19,23);2*1H2/t12?,13-,17?;;/m0../s1/i/hD. The van der Waals surface area contributed by atoms with Crippen LogP contribution in [0.2, 0.25) is 0 Å². The number of nitrogens with one attached hydrogen (secondary N) is 1. The van der Waals surface area contributed by atoms with Crippen molar-refractivity contribution in [1.82, 2.24) is 10.2 Å². The van der Waals surface area contributed by atoms with E-state index in [1.54, 1.807) is 0 Å². The number of nitrogens with two attached hydrogens (primary N) is 2. The highest BCUT2D eigenvalue weighted by atomic mass is 32.1. The molecule has 0 aromatic rings. The number of amides is 3. The maximum atomic E-state index is 12.7. The number of nitrogens with zero attached hydrogens (tertiary/aromatic N) is 1. The number of carbonyl (C=O) groups is 3. The third kappa shape index (κ3) is 5.59. The van der Waals surface area contributed by atoms with Crippen LogP contribution in [0.1, 0.15) is 53.8 Å². The zero-order valence-electron chi connectivity index (χ0n) is 16.7. The van der Waals surface area contributed by atoms with Crippen molar-refractivity contribution >= 4 is 31.2 Å². The highest BCUT2D eigenvalue weighted by Gasteiger charge is 2.55. The van der Waals surface area contributed by atoms with E-state index in [2.05, 4.69) is 19.2 Å². The van der Waals surface area contributed by atoms with Crippen LogP contribution in [0.4, 0.5) is 0 Å². The average Bonchev–Trinajstić information content (AvgIpc) is 2.61. The van der Waals surface area contributed by atoms with Gasteiger partial charge in [-0.05, 0) is 44.6 Å². The van der Waals surface area contributed by atoms with Crippen molar-refractivity contribution < 1.29 is 21.3 Å². The number of hydrogen-bond acceptors (Lipinski definition) is 4. The summed E-state index contributed by atoms with van der Waals surface area (Å²) in [5.74, 6) is -0.422. The molecule has 8 nitrogen and oxygen atoms in total. The van der Waals surface area contributed by atoms with Gasteiger partial charge in [0.1, 0.15) is 6.04 Å². The van der Waals surface area contributed by atoms with Crippen LogP contribution in [-0.2, 0) is 14.4 Å². The van der Waals surface area contributed by atoms with E-state index >= 15 is 0 Å². The Balaban J connectivity index is 0.00000218. The molecule has 3 amide bonds. The Morgan fingerprint density at radius 1 is 1.35 bits per heavy atom. The average molecular weight is 392 g/mol. The summed E-state index contributed by atoms with van der Waals surface area (Å²) >= 11 is 0. The first-order valence-electron chi connectivity index (χ1n) is 9.32. The number of hydrogen-bond donors (Lipinski definition) is 3. The minimum atomic E-state index is -0.715. The van der Waals surface area contributed by atoms with E-state index < -0.39 is 17.9 Å². The summed E-state index contributed by atoms with van der Waals surface area (Å²) in [5.41, 5.74) is 16.5. The smallest absolute Gasteiger partial charge is 0.240 e. The lowest BCUT2D eigenvalue weighted by atomic mass is 9.66. The molecule has 7 N–H and O–H groups in total. The molecule has 1 heterocycles. The molecule has 0 radical (unpaired) electrons. The summed E-state index contributed by atoms with van der Waals surface area (Å²) in [7, 11) is 0. The predicted molar refractivity (Wildman–Crippen MR) is 105 cm³/mol. The zero-order valence-corrected chi connectivity index (χ0v) is 16.7. The maximum absolute atomic E-state index is 12.7. The first-order valence-corrected chi connectivity index (χ1v) is 8.87. The molecule has 2 aliphatic rings. The van der Waals surface area contributed by atoms with Gasteiger partial charge in [-0.15, -0.1) is 0 Å². The lowest BCUT2D eigenvalue weighted by Crippen LogP contribution is -2.68. The summed E-state index contributed by atoms with van der Waals surface area (Å²) in [6.45, 7) is 5.92. The normalized spacial score (nSPS) is 26.2. The van der Waals surface area contributed by atoms with E-state index in [0.717, 1.165) is 32.2 Å². The highest BCUT2D eigenvalue weighted by Crippen LogP contribution is 2.46. The molecule has 2 fully saturated rings. The number of primary amides is 2. The Morgan fingerprint density at radius 2 is 1.92 bits per heavy atom. The molecule has 1 saturated heterocycles. The number of β-lactam (4-membered cyclic amide) rings is 1. The van der Waals surface area contributed by atoms with Gasteiger partial charge in [-0.2, -0.15) is 13.5 Å². The molecule has 26 heavy (non-hydrogen) atoms. The van der Waals surface area contributed by atoms with Crippen LogP contribution in [-0.4, -0.2) is 53.3 Å². The second-order valence-electron chi connectivity index (χ2n) is 7.71. The zero-order chi connectivity index (χ0) is 19.9. The summed E-state index contributed by atoms with van der Waals surface area (Å²) in [6, 6.07) is -0.242. The Hall–Kier alpha value is -1.32. The molecule has 152 valence electrons. The van der Waals surface area contributed by atoms with E-state index in [9.17, 15) is 14.4 Å². The lowest BCUT2D eigenvalue weighted by Gasteiger charge is -2.54. The molecule has 1 atom stereocenters. The van der Waals surface area contributed by atoms with Gasteiger partial charge in [0.05, 0.1) is 5.41 Å². The molecule has 0 unspecified atom stereocenters. The molecular formula is C17H34N4O4S. The van der Waals surface area contributed by atoms with E-state index in [1.165, 1.54) is 4.90 Å². The summed E-state index contributed by atoms with van der Waals surface area (Å²) in [4.78, 5) is 36.8. The van der Waals surface area contributed by atoms with Crippen LogP contribution in [0.15, 0.2) is 0 Å².